The molecule has 1 fully saturated rings. The summed E-state index contributed by atoms with van der Waals surface area (Å²) in [5.41, 5.74) is 4.14. The van der Waals surface area contributed by atoms with Crippen LogP contribution in [0.1, 0.15) is 35.8 Å². The maximum Gasteiger partial charge on any atom is 0.310 e. The minimum absolute atomic E-state index is 0.0802. The monoisotopic (exact) mass is 480 g/mol. The number of ether oxygens (including phenoxy) is 2. The lowest BCUT2D eigenvalue weighted by molar-refractivity contribution is -0.149. The number of carbonyl (C=O) groups excluding carboxylic acids is 2. The van der Waals surface area contributed by atoms with Gasteiger partial charge < -0.3 is 18.9 Å². The van der Waals surface area contributed by atoms with Crippen molar-refractivity contribution < 1.29 is 19.1 Å². The molecule has 1 atom stereocenters. The molecule has 1 saturated heterocycles. The van der Waals surface area contributed by atoms with Gasteiger partial charge in [-0.05, 0) is 62.6 Å². The predicted molar refractivity (Wildman–Crippen MR) is 133 cm³/mol. The first-order chi connectivity index (χ1) is 16.4. The number of esters is 1. The number of nitrogens with zero attached hydrogens (tertiary/aromatic N) is 2. The topological polar surface area (TPSA) is 60.8 Å². The molecule has 34 heavy (non-hydrogen) atoms. The van der Waals surface area contributed by atoms with Crippen LogP contribution in [0.5, 0.6) is 5.75 Å². The molecular weight excluding hydrogens is 452 g/mol. The van der Waals surface area contributed by atoms with Crippen molar-refractivity contribution in [2.24, 2.45) is 5.92 Å². The van der Waals surface area contributed by atoms with E-state index in [1.807, 2.05) is 61.5 Å². The van der Waals surface area contributed by atoms with E-state index in [4.69, 9.17) is 21.1 Å². The van der Waals surface area contributed by atoms with Crippen molar-refractivity contribution in [3.63, 3.8) is 0 Å². The Balaban J connectivity index is 1.75. The van der Waals surface area contributed by atoms with Gasteiger partial charge in [-0.2, -0.15) is 0 Å². The molecule has 4 rings (SSSR count). The number of likely N-dealkylation sites (tertiary alicyclic amines) is 1. The van der Waals surface area contributed by atoms with Crippen molar-refractivity contribution in [3.05, 3.63) is 70.9 Å². The van der Waals surface area contributed by atoms with Crippen LogP contribution in [-0.2, 0) is 9.53 Å². The van der Waals surface area contributed by atoms with Crippen LogP contribution in [0.25, 0.3) is 16.9 Å². The van der Waals surface area contributed by atoms with Crippen molar-refractivity contribution >= 4 is 23.5 Å². The molecule has 0 bridgehead atoms. The molecule has 0 spiro atoms. The first-order valence-electron chi connectivity index (χ1n) is 11.5. The van der Waals surface area contributed by atoms with Crippen molar-refractivity contribution in [2.45, 2.75) is 26.7 Å². The van der Waals surface area contributed by atoms with Gasteiger partial charge in [-0.25, -0.2) is 0 Å². The highest BCUT2D eigenvalue weighted by Crippen LogP contribution is 2.33. The van der Waals surface area contributed by atoms with E-state index in [9.17, 15) is 9.59 Å². The molecule has 1 aliphatic heterocycles. The average molecular weight is 481 g/mol. The molecule has 1 aliphatic rings. The first-order valence-corrected chi connectivity index (χ1v) is 11.9. The molecule has 1 aromatic heterocycles. The second kappa shape index (κ2) is 10.3. The summed E-state index contributed by atoms with van der Waals surface area (Å²) in [6.07, 6.45) is 1.51. The van der Waals surface area contributed by atoms with Gasteiger partial charge in [0.2, 0.25) is 0 Å². The summed E-state index contributed by atoms with van der Waals surface area (Å²) in [5.74, 6) is 0.138. The Morgan fingerprint density at radius 3 is 2.59 bits per heavy atom. The highest BCUT2D eigenvalue weighted by Gasteiger charge is 2.31. The molecule has 0 saturated carbocycles. The molecule has 178 valence electrons. The molecule has 1 amide bonds. The fourth-order valence-electron chi connectivity index (χ4n) is 4.52. The third kappa shape index (κ3) is 4.82. The Bertz CT molecular complexity index is 1190. The van der Waals surface area contributed by atoms with Crippen LogP contribution in [0.4, 0.5) is 0 Å². The van der Waals surface area contributed by atoms with Crippen LogP contribution in [0, 0.1) is 12.8 Å². The van der Waals surface area contributed by atoms with Crippen LogP contribution >= 0.6 is 11.6 Å². The lowest BCUT2D eigenvalue weighted by Crippen LogP contribution is -2.43. The Morgan fingerprint density at radius 2 is 1.88 bits per heavy atom. The predicted octanol–water partition coefficient (Wildman–Crippen LogP) is 5.53. The summed E-state index contributed by atoms with van der Waals surface area (Å²) in [6.45, 7) is 5.08. The van der Waals surface area contributed by atoms with E-state index < -0.39 is 0 Å². The highest BCUT2D eigenvalue weighted by atomic mass is 35.5. The average Bonchev–Trinajstić information content (AvgIpc) is 3.21. The third-order valence-corrected chi connectivity index (χ3v) is 6.51. The number of piperidine rings is 1. The van der Waals surface area contributed by atoms with Crippen LogP contribution < -0.4 is 4.74 Å². The number of methoxy groups -OCH3 is 1. The number of amides is 1. The zero-order valence-electron chi connectivity index (χ0n) is 19.7. The molecule has 0 aliphatic carbocycles. The number of hydrogen-bond donors (Lipinski definition) is 0. The maximum atomic E-state index is 13.7. The highest BCUT2D eigenvalue weighted by molar-refractivity contribution is 6.30. The third-order valence-electron chi connectivity index (χ3n) is 6.26. The standard InChI is InChI=1S/C27H29ClN2O4/c1-4-34-27(32)20-7-6-14-29(17-20)26(31)24-16-25(19-10-12-21(28)13-11-19)30(18(24)2)22-8-5-9-23(15-22)33-3/h5,8-13,15-16,20H,4,6-7,14,17H2,1-3H3. The van der Waals surface area contributed by atoms with Crippen molar-refractivity contribution in [2.75, 3.05) is 26.8 Å². The lowest BCUT2D eigenvalue weighted by Gasteiger charge is -2.31. The van der Waals surface area contributed by atoms with Gasteiger partial charge in [0.1, 0.15) is 5.75 Å². The van der Waals surface area contributed by atoms with Crippen LogP contribution in [0.15, 0.2) is 54.6 Å². The molecule has 0 radical (unpaired) electrons. The van der Waals surface area contributed by atoms with Crippen molar-refractivity contribution in [1.82, 2.24) is 9.47 Å². The van der Waals surface area contributed by atoms with Crippen LogP contribution in [0.3, 0.4) is 0 Å². The van der Waals surface area contributed by atoms with E-state index in [1.54, 1.807) is 18.9 Å². The van der Waals surface area contributed by atoms with Gasteiger partial charge in [0, 0.05) is 35.6 Å². The Hall–Kier alpha value is -3.25. The molecule has 3 aromatic rings. The van der Waals surface area contributed by atoms with E-state index in [-0.39, 0.29) is 17.8 Å². The maximum absolute atomic E-state index is 13.7. The van der Waals surface area contributed by atoms with Crippen molar-refractivity contribution in [1.29, 1.82) is 0 Å². The van der Waals surface area contributed by atoms with Crippen LogP contribution in [0.2, 0.25) is 5.02 Å². The summed E-state index contributed by atoms with van der Waals surface area (Å²) in [4.78, 5) is 27.7. The smallest absolute Gasteiger partial charge is 0.310 e. The molecule has 6 nitrogen and oxygen atoms in total. The number of hydrogen-bond acceptors (Lipinski definition) is 4. The molecule has 2 aromatic carbocycles. The molecular formula is C27H29ClN2O4. The van der Waals surface area contributed by atoms with Crippen molar-refractivity contribution in [3.8, 4) is 22.7 Å². The molecule has 2 heterocycles. The SMILES string of the molecule is CCOC(=O)C1CCCN(C(=O)c2cc(-c3ccc(Cl)cc3)n(-c3cccc(OC)c3)c2C)C1. The quantitative estimate of drug-likeness (QED) is 0.435. The molecule has 7 heteroatoms. The van der Waals surface area contributed by atoms with E-state index >= 15 is 0 Å². The summed E-state index contributed by atoms with van der Waals surface area (Å²) in [5, 5.41) is 0.648. The minimum atomic E-state index is -0.283. The summed E-state index contributed by atoms with van der Waals surface area (Å²) in [6, 6.07) is 17.2. The normalized spacial score (nSPS) is 15.8. The summed E-state index contributed by atoms with van der Waals surface area (Å²) in [7, 11) is 1.63. The lowest BCUT2D eigenvalue weighted by atomic mass is 9.97. The Labute approximate surface area is 205 Å². The van der Waals surface area contributed by atoms with Crippen LogP contribution in [-0.4, -0.2) is 48.1 Å². The Kier molecular flexibility index (Phi) is 7.27. The number of halogens is 1. The number of carbonyl (C=O) groups is 2. The largest absolute Gasteiger partial charge is 0.497 e. The first kappa shape index (κ1) is 23.9. The number of benzene rings is 2. The summed E-state index contributed by atoms with van der Waals surface area (Å²) >= 11 is 6.12. The number of aromatic nitrogens is 1. The fraction of sp³-hybridized carbons (Fsp3) is 0.333. The summed E-state index contributed by atoms with van der Waals surface area (Å²) < 4.78 is 12.7. The molecule has 1 unspecified atom stereocenters. The number of rotatable bonds is 6. The zero-order chi connectivity index (χ0) is 24.2. The van der Waals surface area contributed by atoms with Gasteiger partial charge in [0.05, 0.1) is 30.9 Å². The van der Waals surface area contributed by atoms with E-state index in [0.717, 1.165) is 41.2 Å². The van der Waals surface area contributed by atoms with Gasteiger partial charge in [-0.15, -0.1) is 0 Å². The van der Waals surface area contributed by atoms with E-state index in [2.05, 4.69) is 4.57 Å². The second-order valence-electron chi connectivity index (χ2n) is 8.41. The van der Waals surface area contributed by atoms with Gasteiger partial charge in [0.15, 0.2) is 0 Å². The van der Waals surface area contributed by atoms with E-state index in [0.29, 0.717) is 30.3 Å². The second-order valence-corrected chi connectivity index (χ2v) is 8.85. The van der Waals surface area contributed by atoms with Gasteiger partial charge >= 0.3 is 5.97 Å². The molecule has 0 N–H and O–H groups in total. The minimum Gasteiger partial charge on any atom is -0.497 e. The fourth-order valence-corrected chi connectivity index (χ4v) is 4.65. The van der Waals surface area contributed by atoms with E-state index in [1.165, 1.54) is 0 Å². The van der Waals surface area contributed by atoms with Gasteiger partial charge in [-0.3, -0.25) is 9.59 Å². The Morgan fingerprint density at radius 1 is 1.12 bits per heavy atom. The van der Waals surface area contributed by atoms with Gasteiger partial charge in [0.25, 0.3) is 5.91 Å². The zero-order valence-corrected chi connectivity index (χ0v) is 20.5. The van der Waals surface area contributed by atoms with Gasteiger partial charge in [-0.1, -0.05) is 29.8 Å².